The molecule has 2 unspecified atom stereocenters. The van der Waals surface area contributed by atoms with Gasteiger partial charge in [0, 0.05) is 36.7 Å². The summed E-state index contributed by atoms with van der Waals surface area (Å²) in [5.74, 6) is 0.0443. The van der Waals surface area contributed by atoms with Crippen molar-refractivity contribution in [2.75, 3.05) is 7.05 Å². The summed E-state index contributed by atoms with van der Waals surface area (Å²) in [4.78, 5) is 23.9. The van der Waals surface area contributed by atoms with Gasteiger partial charge in [0.2, 0.25) is 0 Å². The molecule has 0 bridgehead atoms. The first-order valence-corrected chi connectivity index (χ1v) is 5.49. The topological polar surface area (TPSA) is 63.5 Å². The van der Waals surface area contributed by atoms with Crippen LogP contribution in [0.3, 0.4) is 0 Å². The molecule has 1 heterocycles. The van der Waals surface area contributed by atoms with E-state index in [2.05, 4.69) is 0 Å². The molecule has 17 heavy (non-hydrogen) atoms. The molecule has 5 heteroatoms. The average Bonchev–Trinajstić information content (AvgIpc) is 2.32. The number of nitro benzene ring substituents is 1. The molecule has 0 saturated heterocycles. The fourth-order valence-corrected chi connectivity index (χ4v) is 2.21. The maximum Gasteiger partial charge on any atom is 0.270 e. The lowest BCUT2D eigenvalue weighted by molar-refractivity contribution is -0.384. The van der Waals surface area contributed by atoms with E-state index in [9.17, 15) is 14.9 Å². The minimum absolute atomic E-state index is 0.0350. The lowest BCUT2D eigenvalue weighted by Gasteiger charge is -2.36. The summed E-state index contributed by atoms with van der Waals surface area (Å²) in [5, 5.41) is 10.7. The van der Waals surface area contributed by atoms with Gasteiger partial charge in [-0.25, -0.2) is 0 Å². The predicted octanol–water partition coefficient (Wildman–Crippen LogP) is 2.17. The van der Waals surface area contributed by atoms with Crippen LogP contribution in [-0.2, 0) is 0 Å². The highest BCUT2D eigenvalue weighted by molar-refractivity contribution is 5.97. The Morgan fingerprint density at radius 3 is 2.59 bits per heavy atom. The van der Waals surface area contributed by atoms with Gasteiger partial charge in [-0.15, -0.1) is 0 Å². The van der Waals surface area contributed by atoms with Crippen molar-refractivity contribution >= 4 is 11.6 Å². The van der Waals surface area contributed by atoms with Gasteiger partial charge in [0.25, 0.3) is 11.6 Å². The van der Waals surface area contributed by atoms with Crippen LogP contribution < -0.4 is 0 Å². The van der Waals surface area contributed by atoms with E-state index in [1.807, 2.05) is 13.8 Å². The number of nitrogens with zero attached hydrogens (tertiary/aromatic N) is 2. The molecule has 0 spiro atoms. The van der Waals surface area contributed by atoms with Crippen LogP contribution in [0.25, 0.3) is 0 Å². The Morgan fingerprint density at radius 1 is 1.35 bits per heavy atom. The van der Waals surface area contributed by atoms with E-state index in [1.165, 1.54) is 12.1 Å². The Morgan fingerprint density at radius 2 is 2.00 bits per heavy atom. The Bertz CT molecular complexity index is 499. The van der Waals surface area contributed by atoms with E-state index in [-0.39, 0.29) is 23.6 Å². The number of benzene rings is 1. The van der Waals surface area contributed by atoms with E-state index in [1.54, 1.807) is 18.0 Å². The first-order valence-electron chi connectivity index (χ1n) is 5.49. The molecule has 0 radical (unpaired) electrons. The molecular formula is C12H14N2O3. The number of fused-ring (bicyclic) bond motifs is 1. The van der Waals surface area contributed by atoms with Crippen LogP contribution in [0.1, 0.15) is 35.7 Å². The lowest BCUT2D eigenvalue weighted by Crippen LogP contribution is -2.43. The molecule has 1 amide bonds. The van der Waals surface area contributed by atoms with Crippen LogP contribution >= 0.6 is 0 Å². The van der Waals surface area contributed by atoms with Crippen LogP contribution in [0.4, 0.5) is 5.69 Å². The van der Waals surface area contributed by atoms with Crippen molar-refractivity contribution in [3.8, 4) is 0 Å². The quantitative estimate of drug-likeness (QED) is 0.552. The van der Waals surface area contributed by atoms with Crippen LogP contribution in [0, 0.1) is 10.1 Å². The highest BCUT2D eigenvalue weighted by Crippen LogP contribution is 2.33. The van der Waals surface area contributed by atoms with Crippen molar-refractivity contribution in [2.45, 2.75) is 25.8 Å². The number of nitro groups is 1. The molecule has 2 rings (SSSR count). The van der Waals surface area contributed by atoms with E-state index < -0.39 is 4.92 Å². The zero-order chi connectivity index (χ0) is 12.7. The predicted molar refractivity (Wildman–Crippen MR) is 63.1 cm³/mol. The Kier molecular flexibility index (Phi) is 2.61. The molecule has 90 valence electrons. The second kappa shape index (κ2) is 3.84. The zero-order valence-electron chi connectivity index (χ0n) is 10.0. The van der Waals surface area contributed by atoms with E-state index >= 15 is 0 Å². The molecule has 2 atom stereocenters. The number of hydrogen-bond donors (Lipinski definition) is 0. The minimum Gasteiger partial charge on any atom is -0.338 e. The van der Waals surface area contributed by atoms with Crippen LogP contribution in [0.5, 0.6) is 0 Å². The Hall–Kier alpha value is -1.91. The minimum atomic E-state index is -0.476. The number of non-ortho nitro benzene ring substituents is 1. The summed E-state index contributed by atoms with van der Waals surface area (Å²) in [6.45, 7) is 4.01. The maximum atomic E-state index is 12.1. The van der Waals surface area contributed by atoms with Gasteiger partial charge in [0.15, 0.2) is 0 Å². The average molecular weight is 234 g/mol. The molecule has 0 saturated carbocycles. The molecule has 0 fully saturated rings. The molecule has 1 aliphatic rings. The van der Waals surface area contributed by atoms with Gasteiger partial charge in [-0.2, -0.15) is 0 Å². The largest absolute Gasteiger partial charge is 0.338 e. The Labute approximate surface area is 99.2 Å². The fourth-order valence-electron chi connectivity index (χ4n) is 2.21. The zero-order valence-corrected chi connectivity index (χ0v) is 10.0. The third-order valence-corrected chi connectivity index (χ3v) is 3.62. The summed E-state index contributed by atoms with van der Waals surface area (Å²) in [6, 6.07) is 4.63. The summed E-state index contributed by atoms with van der Waals surface area (Å²) in [5.41, 5.74) is 1.31. The Balaban J connectivity index is 2.58. The van der Waals surface area contributed by atoms with Crippen molar-refractivity contribution in [2.24, 2.45) is 0 Å². The third kappa shape index (κ3) is 1.67. The number of hydrogen-bond acceptors (Lipinski definition) is 3. The summed E-state index contributed by atoms with van der Waals surface area (Å²) in [7, 11) is 1.73. The SMILES string of the molecule is CC1c2ccc([N+](=O)[O-])cc2C(=O)N(C)C1C. The van der Waals surface area contributed by atoms with Crippen LogP contribution in [-0.4, -0.2) is 28.8 Å². The number of amides is 1. The number of carbonyl (C=O) groups excluding carboxylic acids is 1. The van der Waals surface area contributed by atoms with Crippen molar-refractivity contribution < 1.29 is 9.72 Å². The van der Waals surface area contributed by atoms with Gasteiger partial charge < -0.3 is 4.90 Å². The van der Waals surface area contributed by atoms with E-state index in [4.69, 9.17) is 0 Å². The fraction of sp³-hybridized carbons (Fsp3) is 0.417. The summed E-state index contributed by atoms with van der Waals surface area (Å²) < 4.78 is 0. The highest BCUT2D eigenvalue weighted by Gasteiger charge is 2.33. The first kappa shape index (κ1) is 11.6. The van der Waals surface area contributed by atoms with E-state index in [0.717, 1.165) is 5.56 Å². The van der Waals surface area contributed by atoms with Gasteiger partial charge in [-0.1, -0.05) is 13.0 Å². The second-order valence-corrected chi connectivity index (χ2v) is 4.47. The number of rotatable bonds is 1. The third-order valence-electron chi connectivity index (χ3n) is 3.62. The lowest BCUT2D eigenvalue weighted by atomic mass is 9.85. The maximum absolute atomic E-state index is 12.1. The molecular weight excluding hydrogens is 220 g/mol. The van der Waals surface area contributed by atoms with Crippen molar-refractivity contribution in [3.63, 3.8) is 0 Å². The standard InChI is InChI=1S/C12H14N2O3/c1-7-8(2)13(3)12(15)11-6-9(14(16)17)4-5-10(7)11/h4-8H,1-3H3. The van der Waals surface area contributed by atoms with Crippen molar-refractivity contribution in [1.29, 1.82) is 0 Å². The van der Waals surface area contributed by atoms with Gasteiger partial charge in [-0.3, -0.25) is 14.9 Å². The van der Waals surface area contributed by atoms with Crippen LogP contribution in [0.15, 0.2) is 18.2 Å². The van der Waals surface area contributed by atoms with Gasteiger partial charge >= 0.3 is 0 Å². The molecule has 5 nitrogen and oxygen atoms in total. The van der Waals surface area contributed by atoms with Gasteiger partial charge in [-0.05, 0) is 12.5 Å². The molecule has 0 N–H and O–H groups in total. The highest BCUT2D eigenvalue weighted by atomic mass is 16.6. The summed E-state index contributed by atoms with van der Waals surface area (Å²) in [6.07, 6.45) is 0. The smallest absolute Gasteiger partial charge is 0.270 e. The number of carbonyl (C=O) groups is 1. The monoisotopic (exact) mass is 234 g/mol. The molecule has 1 aromatic carbocycles. The van der Waals surface area contributed by atoms with Crippen molar-refractivity contribution in [1.82, 2.24) is 4.90 Å². The molecule has 1 aliphatic heterocycles. The van der Waals surface area contributed by atoms with Crippen LogP contribution in [0.2, 0.25) is 0 Å². The normalized spacial score (nSPS) is 23.5. The van der Waals surface area contributed by atoms with Gasteiger partial charge in [0.05, 0.1) is 4.92 Å². The summed E-state index contributed by atoms with van der Waals surface area (Å²) >= 11 is 0. The molecule has 0 aliphatic carbocycles. The first-order chi connectivity index (χ1) is 7.93. The van der Waals surface area contributed by atoms with E-state index in [0.29, 0.717) is 5.56 Å². The van der Waals surface area contributed by atoms with Gasteiger partial charge in [0.1, 0.15) is 0 Å². The second-order valence-electron chi connectivity index (χ2n) is 4.47. The molecule has 1 aromatic rings. The van der Waals surface area contributed by atoms with Crippen molar-refractivity contribution in [3.05, 3.63) is 39.4 Å². The molecule has 0 aromatic heterocycles. The number of likely N-dealkylation sites (N-methyl/N-ethyl adjacent to an activating group) is 1.